The van der Waals surface area contributed by atoms with E-state index in [0.717, 1.165) is 21.7 Å². The van der Waals surface area contributed by atoms with E-state index in [-0.39, 0.29) is 5.91 Å². The molecule has 1 unspecified atom stereocenters. The van der Waals surface area contributed by atoms with Gasteiger partial charge in [-0.1, -0.05) is 36.4 Å². The fourth-order valence-electron chi connectivity index (χ4n) is 2.09. The van der Waals surface area contributed by atoms with Crippen molar-refractivity contribution < 1.29 is 9.90 Å². The number of aliphatic hydroxyl groups excluding tert-OH is 1. The van der Waals surface area contributed by atoms with E-state index in [1.54, 1.807) is 0 Å². The van der Waals surface area contributed by atoms with Crippen LogP contribution in [0.2, 0.25) is 0 Å². The standard InChI is InChI=1S/C15H13NO2S/c17-14-9-19-13-8-11(6-7-12(13)16-14)15(18)10-4-2-1-3-5-10/h1-8,15,18H,9H2,(H,16,17). The van der Waals surface area contributed by atoms with Crippen LogP contribution in [0.15, 0.2) is 53.4 Å². The monoisotopic (exact) mass is 271 g/mol. The van der Waals surface area contributed by atoms with Crippen molar-refractivity contribution in [3.8, 4) is 0 Å². The van der Waals surface area contributed by atoms with Crippen molar-refractivity contribution in [2.45, 2.75) is 11.0 Å². The van der Waals surface area contributed by atoms with Crippen LogP contribution in [-0.2, 0) is 4.79 Å². The zero-order valence-corrected chi connectivity index (χ0v) is 11.0. The molecule has 0 aromatic heterocycles. The molecule has 0 spiro atoms. The molecule has 0 saturated carbocycles. The average molecular weight is 271 g/mol. The van der Waals surface area contributed by atoms with E-state index in [1.807, 2.05) is 48.5 Å². The molecule has 96 valence electrons. The second-order valence-electron chi connectivity index (χ2n) is 4.41. The predicted molar refractivity (Wildman–Crippen MR) is 76.3 cm³/mol. The van der Waals surface area contributed by atoms with Crippen molar-refractivity contribution in [2.75, 3.05) is 11.1 Å². The second-order valence-corrected chi connectivity index (χ2v) is 5.42. The molecule has 0 fully saturated rings. The van der Waals surface area contributed by atoms with E-state index < -0.39 is 6.10 Å². The van der Waals surface area contributed by atoms with E-state index in [2.05, 4.69) is 5.32 Å². The summed E-state index contributed by atoms with van der Waals surface area (Å²) in [4.78, 5) is 12.3. The summed E-state index contributed by atoms with van der Waals surface area (Å²) in [5, 5.41) is 13.2. The largest absolute Gasteiger partial charge is 0.384 e. The van der Waals surface area contributed by atoms with E-state index >= 15 is 0 Å². The van der Waals surface area contributed by atoms with Gasteiger partial charge in [0.15, 0.2) is 0 Å². The third-order valence-corrected chi connectivity index (χ3v) is 4.12. The van der Waals surface area contributed by atoms with Gasteiger partial charge >= 0.3 is 0 Å². The maximum atomic E-state index is 11.3. The molecule has 0 radical (unpaired) electrons. The number of anilines is 1. The lowest BCUT2D eigenvalue weighted by atomic mass is 10.0. The van der Waals surface area contributed by atoms with Crippen LogP contribution in [0.25, 0.3) is 0 Å². The van der Waals surface area contributed by atoms with Gasteiger partial charge < -0.3 is 10.4 Å². The SMILES string of the molecule is O=C1CSc2cc(C(O)c3ccccc3)ccc2N1. The third-order valence-electron chi connectivity index (χ3n) is 3.07. The Morgan fingerprint density at radius 1 is 1.11 bits per heavy atom. The molecule has 1 atom stereocenters. The summed E-state index contributed by atoms with van der Waals surface area (Å²) in [5.41, 5.74) is 2.53. The minimum absolute atomic E-state index is 0.0221. The van der Waals surface area contributed by atoms with Crippen molar-refractivity contribution in [1.29, 1.82) is 0 Å². The van der Waals surface area contributed by atoms with Gasteiger partial charge in [-0.05, 0) is 23.3 Å². The first-order valence-corrected chi connectivity index (χ1v) is 7.02. The molecule has 3 rings (SSSR count). The Bertz CT molecular complexity index is 613. The van der Waals surface area contributed by atoms with Gasteiger partial charge in [0.2, 0.25) is 5.91 Å². The fourth-order valence-corrected chi connectivity index (χ4v) is 2.94. The molecule has 2 N–H and O–H groups in total. The number of benzene rings is 2. The highest BCUT2D eigenvalue weighted by Gasteiger charge is 2.18. The lowest BCUT2D eigenvalue weighted by Gasteiger charge is -2.19. The molecule has 2 aromatic carbocycles. The van der Waals surface area contributed by atoms with E-state index in [4.69, 9.17) is 0 Å². The number of nitrogens with one attached hydrogen (secondary N) is 1. The number of hydrogen-bond acceptors (Lipinski definition) is 3. The van der Waals surface area contributed by atoms with Gasteiger partial charge in [-0.2, -0.15) is 0 Å². The van der Waals surface area contributed by atoms with Crippen LogP contribution >= 0.6 is 11.8 Å². The normalized spacial score (nSPS) is 15.5. The minimum atomic E-state index is -0.635. The molecular weight excluding hydrogens is 258 g/mol. The summed E-state index contributed by atoms with van der Waals surface area (Å²) < 4.78 is 0. The van der Waals surface area contributed by atoms with Gasteiger partial charge in [0.25, 0.3) is 0 Å². The first-order chi connectivity index (χ1) is 9.24. The molecule has 0 saturated heterocycles. The topological polar surface area (TPSA) is 49.3 Å². The van der Waals surface area contributed by atoms with Gasteiger partial charge in [0.1, 0.15) is 6.10 Å². The first kappa shape index (κ1) is 12.3. The van der Waals surface area contributed by atoms with Gasteiger partial charge in [-0.3, -0.25) is 4.79 Å². The number of carbonyl (C=O) groups excluding carboxylic acids is 1. The van der Waals surface area contributed by atoms with Gasteiger partial charge in [0.05, 0.1) is 11.4 Å². The molecule has 4 heteroatoms. The fraction of sp³-hybridized carbons (Fsp3) is 0.133. The van der Waals surface area contributed by atoms with Gasteiger partial charge in [-0.25, -0.2) is 0 Å². The van der Waals surface area contributed by atoms with Gasteiger partial charge in [-0.15, -0.1) is 11.8 Å². The molecule has 1 heterocycles. The van der Waals surface area contributed by atoms with E-state index in [1.165, 1.54) is 11.8 Å². The van der Waals surface area contributed by atoms with Crippen LogP contribution in [0.4, 0.5) is 5.69 Å². The lowest BCUT2D eigenvalue weighted by Crippen LogP contribution is -2.18. The highest BCUT2D eigenvalue weighted by Crippen LogP contribution is 2.34. The number of carbonyl (C=O) groups is 1. The highest BCUT2D eigenvalue weighted by molar-refractivity contribution is 8.00. The van der Waals surface area contributed by atoms with Crippen LogP contribution in [0, 0.1) is 0 Å². The number of fused-ring (bicyclic) bond motifs is 1. The summed E-state index contributed by atoms with van der Waals surface area (Å²) in [6.07, 6.45) is -0.635. The summed E-state index contributed by atoms with van der Waals surface area (Å²) in [5.74, 6) is 0.451. The lowest BCUT2D eigenvalue weighted by molar-refractivity contribution is -0.113. The third kappa shape index (κ3) is 2.50. The zero-order valence-electron chi connectivity index (χ0n) is 10.2. The number of hydrogen-bond donors (Lipinski definition) is 2. The minimum Gasteiger partial charge on any atom is -0.384 e. The van der Waals surface area contributed by atoms with Crippen LogP contribution < -0.4 is 5.32 Å². The zero-order chi connectivity index (χ0) is 13.2. The Morgan fingerprint density at radius 2 is 1.89 bits per heavy atom. The summed E-state index contributed by atoms with van der Waals surface area (Å²) in [6.45, 7) is 0. The summed E-state index contributed by atoms with van der Waals surface area (Å²) in [6, 6.07) is 15.2. The number of aliphatic hydroxyl groups is 1. The Labute approximate surface area is 115 Å². The van der Waals surface area contributed by atoms with Crippen molar-refractivity contribution in [3.05, 3.63) is 59.7 Å². The molecular formula is C15H13NO2S. The van der Waals surface area contributed by atoms with Crippen molar-refractivity contribution >= 4 is 23.4 Å². The predicted octanol–water partition coefficient (Wildman–Crippen LogP) is 2.81. The Morgan fingerprint density at radius 3 is 2.68 bits per heavy atom. The van der Waals surface area contributed by atoms with Gasteiger partial charge in [0, 0.05) is 4.90 Å². The van der Waals surface area contributed by atoms with Crippen LogP contribution in [0.5, 0.6) is 0 Å². The average Bonchev–Trinajstić information content (AvgIpc) is 2.47. The molecule has 1 amide bonds. The molecule has 0 aliphatic carbocycles. The van der Waals surface area contributed by atoms with Crippen molar-refractivity contribution in [2.24, 2.45) is 0 Å². The van der Waals surface area contributed by atoms with E-state index in [0.29, 0.717) is 5.75 Å². The molecule has 1 aliphatic heterocycles. The van der Waals surface area contributed by atoms with Crippen molar-refractivity contribution in [1.82, 2.24) is 0 Å². The van der Waals surface area contributed by atoms with Crippen LogP contribution in [0.1, 0.15) is 17.2 Å². The summed E-state index contributed by atoms with van der Waals surface area (Å²) >= 11 is 1.50. The molecule has 19 heavy (non-hydrogen) atoms. The summed E-state index contributed by atoms with van der Waals surface area (Å²) in [7, 11) is 0. The maximum absolute atomic E-state index is 11.3. The Kier molecular flexibility index (Phi) is 3.27. The maximum Gasteiger partial charge on any atom is 0.234 e. The van der Waals surface area contributed by atoms with Crippen LogP contribution in [-0.4, -0.2) is 16.8 Å². The number of rotatable bonds is 2. The first-order valence-electron chi connectivity index (χ1n) is 6.03. The second kappa shape index (κ2) is 5.07. The quantitative estimate of drug-likeness (QED) is 0.883. The molecule has 2 aromatic rings. The number of amides is 1. The Hall–Kier alpha value is -1.78. The van der Waals surface area contributed by atoms with Crippen LogP contribution in [0.3, 0.4) is 0 Å². The smallest absolute Gasteiger partial charge is 0.234 e. The van der Waals surface area contributed by atoms with E-state index in [9.17, 15) is 9.90 Å². The van der Waals surface area contributed by atoms with Crippen molar-refractivity contribution in [3.63, 3.8) is 0 Å². The molecule has 1 aliphatic rings. The Balaban J connectivity index is 1.92. The number of thioether (sulfide) groups is 1. The molecule has 3 nitrogen and oxygen atoms in total. The molecule has 0 bridgehead atoms. The highest BCUT2D eigenvalue weighted by atomic mass is 32.2.